The molecule has 2 aromatic heterocycles. The molecule has 0 spiro atoms. The predicted molar refractivity (Wildman–Crippen MR) is 106 cm³/mol. The summed E-state index contributed by atoms with van der Waals surface area (Å²) < 4.78 is 0. The smallest absolute Gasteiger partial charge is 0.227 e. The number of benzene rings is 1. The van der Waals surface area contributed by atoms with Gasteiger partial charge in [0.1, 0.15) is 0 Å². The first-order valence-electron chi connectivity index (χ1n) is 8.50. The van der Waals surface area contributed by atoms with E-state index in [2.05, 4.69) is 64.2 Å². The quantitative estimate of drug-likeness (QED) is 0.634. The summed E-state index contributed by atoms with van der Waals surface area (Å²) in [4.78, 5) is 16.8. The molecule has 5 nitrogen and oxygen atoms in total. The van der Waals surface area contributed by atoms with Gasteiger partial charge in [-0.15, -0.1) is 0 Å². The van der Waals surface area contributed by atoms with Crippen molar-refractivity contribution in [2.24, 2.45) is 4.99 Å². The molecule has 3 rings (SSSR count). The van der Waals surface area contributed by atoms with Crippen LogP contribution in [0.5, 0.6) is 0 Å². The van der Waals surface area contributed by atoms with Crippen molar-refractivity contribution in [3.05, 3.63) is 53.5 Å². The number of nitrogens with one attached hydrogen (secondary N) is 2. The highest BCUT2D eigenvalue weighted by atomic mass is 15.1. The van der Waals surface area contributed by atoms with E-state index in [1.54, 1.807) is 6.20 Å². The average molecular weight is 333 g/mol. The molecule has 2 N–H and O–H groups in total. The highest BCUT2D eigenvalue weighted by Crippen LogP contribution is 2.25. The molecule has 0 saturated carbocycles. The summed E-state index contributed by atoms with van der Waals surface area (Å²) in [6.45, 7) is 8.18. The topological polar surface area (TPSA) is 66.0 Å². The van der Waals surface area contributed by atoms with Gasteiger partial charge in [-0.05, 0) is 57.0 Å². The molecule has 3 aromatic rings. The number of nitrogens with zero attached hydrogens (tertiary/aromatic N) is 3. The molecule has 0 fully saturated rings. The van der Waals surface area contributed by atoms with Crippen LogP contribution in [0.1, 0.15) is 37.2 Å². The van der Waals surface area contributed by atoms with E-state index in [-0.39, 0.29) is 0 Å². The zero-order chi connectivity index (χ0) is 17.8. The van der Waals surface area contributed by atoms with Crippen molar-refractivity contribution in [1.29, 1.82) is 0 Å². The Morgan fingerprint density at radius 2 is 2.12 bits per heavy atom. The summed E-state index contributed by atoms with van der Waals surface area (Å²) in [6.07, 6.45) is 6.48. The SMILES string of the molecule is C/C=C(\N=CCC)c1ccnc(Nc2cc(C)c3[nH]c(C)cc3c2)n1. The van der Waals surface area contributed by atoms with E-state index >= 15 is 0 Å². The highest BCUT2D eigenvalue weighted by Gasteiger charge is 2.07. The maximum Gasteiger partial charge on any atom is 0.227 e. The molecule has 0 aliphatic carbocycles. The maximum absolute atomic E-state index is 4.59. The van der Waals surface area contributed by atoms with E-state index in [9.17, 15) is 0 Å². The Hall–Kier alpha value is -2.95. The molecule has 0 bridgehead atoms. The Balaban J connectivity index is 1.91. The number of aliphatic imine (C=N–C) groups is 1. The molecule has 0 unspecified atom stereocenters. The van der Waals surface area contributed by atoms with Crippen LogP contribution in [-0.2, 0) is 0 Å². The molecule has 128 valence electrons. The lowest BCUT2D eigenvalue weighted by molar-refractivity contribution is 1.13. The zero-order valence-corrected chi connectivity index (χ0v) is 15.1. The van der Waals surface area contributed by atoms with Crippen LogP contribution in [0.2, 0.25) is 0 Å². The molecule has 2 heterocycles. The van der Waals surface area contributed by atoms with Gasteiger partial charge in [0, 0.05) is 34.7 Å². The molecule has 0 radical (unpaired) electrons. The summed E-state index contributed by atoms with van der Waals surface area (Å²) in [5.74, 6) is 0.564. The van der Waals surface area contributed by atoms with Crippen LogP contribution in [0.4, 0.5) is 11.6 Å². The monoisotopic (exact) mass is 333 g/mol. The second-order valence-electron chi connectivity index (χ2n) is 5.99. The number of aryl methyl sites for hydroxylation is 2. The summed E-state index contributed by atoms with van der Waals surface area (Å²) in [5.41, 5.74) is 6.13. The molecule has 0 aliphatic rings. The molecule has 0 amide bonds. The van der Waals surface area contributed by atoms with Crippen LogP contribution in [0, 0.1) is 13.8 Å². The van der Waals surface area contributed by atoms with Crippen LogP contribution in [0.15, 0.2) is 41.5 Å². The molecule has 1 aromatic carbocycles. The van der Waals surface area contributed by atoms with Crippen LogP contribution in [0.3, 0.4) is 0 Å². The van der Waals surface area contributed by atoms with E-state index in [0.717, 1.165) is 29.2 Å². The summed E-state index contributed by atoms with van der Waals surface area (Å²) in [5, 5.41) is 4.48. The van der Waals surface area contributed by atoms with Crippen LogP contribution >= 0.6 is 0 Å². The van der Waals surface area contributed by atoms with Gasteiger partial charge in [0.15, 0.2) is 0 Å². The number of hydrogen-bond acceptors (Lipinski definition) is 4. The molecular weight excluding hydrogens is 310 g/mol. The minimum Gasteiger partial charge on any atom is -0.358 e. The van der Waals surface area contributed by atoms with Crippen molar-refractivity contribution in [1.82, 2.24) is 15.0 Å². The van der Waals surface area contributed by atoms with E-state index in [0.29, 0.717) is 5.95 Å². The number of H-pyrrole nitrogens is 1. The van der Waals surface area contributed by atoms with Crippen LogP contribution in [0.25, 0.3) is 16.6 Å². The lowest BCUT2D eigenvalue weighted by atomic mass is 10.1. The summed E-state index contributed by atoms with van der Waals surface area (Å²) in [7, 11) is 0. The molecular formula is C20H23N5. The third kappa shape index (κ3) is 3.76. The first-order valence-corrected chi connectivity index (χ1v) is 8.50. The Labute approximate surface area is 147 Å². The van der Waals surface area contributed by atoms with Gasteiger partial charge in [-0.25, -0.2) is 9.97 Å². The first-order chi connectivity index (χ1) is 12.1. The highest BCUT2D eigenvalue weighted by molar-refractivity contribution is 5.87. The summed E-state index contributed by atoms with van der Waals surface area (Å²) >= 11 is 0. The normalized spacial score (nSPS) is 12.2. The van der Waals surface area contributed by atoms with Gasteiger partial charge in [0.05, 0.1) is 11.4 Å². The van der Waals surface area contributed by atoms with Crippen LogP contribution < -0.4 is 5.32 Å². The molecule has 25 heavy (non-hydrogen) atoms. The lowest BCUT2D eigenvalue weighted by Crippen LogP contribution is -1.99. The van der Waals surface area contributed by atoms with Crippen molar-refractivity contribution in [3.63, 3.8) is 0 Å². The number of allylic oxidation sites excluding steroid dienone is 1. The fourth-order valence-corrected chi connectivity index (χ4v) is 2.81. The average Bonchev–Trinajstić information content (AvgIpc) is 2.97. The minimum absolute atomic E-state index is 0.564. The van der Waals surface area contributed by atoms with Crippen molar-refractivity contribution in [2.75, 3.05) is 5.32 Å². The van der Waals surface area contributed by atoms with E-state index in [1.807, 2.05) is 25.3 Å². The number of aromatic amines is 1. The van der Waals surface area contributed by atoms with Crippen molar-refractivity contribution >= 4 is 34.5 Å². The van der Waals surface area contributed by atoms with E-state index < -0.39 is 0 Å². The number of rotatable bonds is 5. The van der Waals surface area contributed by atoms with Gasteiger partial charge >= 0.3 is 0 Å². The van der Waals surface area contributed by atoms with E-state index in [1.165, 1.54) is 16.5 Å². The van der Waals surface area contributed by atoms with Crippen LogP contribution in [-0.4, -0.2) is 21.2 Å². The Morgan fingerprint density at radius 1 is 1.28 bits per heavy atom. The van der Waals surface area contributed by atoms with Gasteiger partial charge in [0.25, 0.3) is 0 Å². The van der Waals surface area contributed by atoms with Gasteiger partial charge in [-0.2, -0.15) is 0 Å². The second kappa shape index (κ2) is 7.30. The fourth-order valence-electron chi connectivity index (χ4n) is 2.81. The standard InChI is InChI=1S/C20H23N5/c1-5-8-21-17(6-2)18-7-9-22-20(25-18)24-16-10-13(3)19-15(12-16)11-14(4)23-19/h6-12,23H,5H2,1-4H3,(H,22,24,25)/b17-6-,21-8?. The van der Waals surface area contributed by atoms with Gasteiger partial charge < -0.3 is 10.3 Å². The molecule has 0 saturated heterocycles. The van der Waals surface area contributed by atoms with Crippen molar-refractivity contribution in [2.45, 2.75) is 34.1 Å². The third-order valence-corrected chi connectivity index (χ3v) is 3.92. The van der Waals surface area contributed by atoms with Gasteiger partial charge in [-0.3, -0.25) is 4.99 Å². The van der Waals surface area contributed by atoms with Gasteiger partial charge in [0.2, 0.25) is 5.95 Å². The Bertz CT molecular complexity index is 950. The number of anilines is 2. The summed E-state index contributed by atoms with van der Waals surface area (Å²) in [6, 6.07) is 8.22. The number of hydrogen-bond donors (Lipinski definition) is 2. The molecule has 5 heteroatoms. The number of aromatic nitrogens is 3. The number of fused-ring (bicyclic) bond motifs is 1. The first kappa shape index (κ1) is 16.9. The zero-order valence-electron chi connectivity index (χ0n) is 15.1. The molecule has 0 atom stereocenters. The largest absolute Gasteiger partial charge is 0.358 e. The fraction of sp³-hybridized carbons (Fsp3) is 0.250. The third-order valence-electron chi connectivity index (χ3n) is 3.92. The predicted octanol–water partition coefficient (Wildman–Crippen LogP) is 5.16. The van der Waals surface area contributed by atoms with Crippen molar-refractivity contribution < 1.29 is 0 Å². The minimum atomic E-state index is 0.564. The van der Waals surface area contributed by atoms with Crippen molar-refractivity contribution in [3.8, 4) is 0 Å². The second-order valence-corrected chi connectivity index (χ2v) is 5.99. The molecule has 0 aliphatic heterocycles. The Kier molecular flexibility index (Phi) is 4.93. The maximum atomic E-state index is 4.59. The lowest BCUT2D eigenvalue weighted by Gasteiger charge is -2.08. The van der Waals surface area contributed by atoms with Gasteiger partial charge in [-0.1, -0.05) is 13.0 Å². The Morgan fingerprint density at radius 3 is 2.88 bits per heavy atom. The van der Waals surface area contributed by atoms with E-state index in [4.69, 9.17) is 0 Å².